The van der Waals surface area contributed by atoms with Gasteiger partial charge in [-0.05, 0) is 110 Å². The van der Waals surface area contributed by atoms with E-state index in [0.29, 0.717) is 39.4 Å². The maximum atomic E-state index is 9.25. The Labute approximate surface area is 500 Å². The molecule has 0 amide bonds. The number of benzene rings is 8. The van der Waals surface area contributed by atoms with Crippen molar-refractivity contribution < 1.29 is 46.4 Å². The molecule has 398 valence electrons. The Bertz CT molecular complexity index is 4390. The molecule has 11 rings (SSSR count). The summed E-state index contributed by atoms with van der Waals surface area (Å²) in [4.78, 5) is 8.43. The number of nitrogens with one attached hydrogen (secondary N) is 1. The number of fused-ring (bicyclic) bond motifs is 2. The number of pyridine rings is 1. The van der Waals surface area contributed by atoms with Crippen molar-refractivity contribution in [1.82, 2.24) is 4.98 Å². The molecule has 9 aromatic rings. The van der Waals surface area contributed by atoms with E-state index in [4.69, 9.17) is 26.2 Å². The summed E-state index contributed by atoms with van der Waals surface area (Å²) in [6.45, 7) is 18.1. The Morgan fingerprint density at radius 2 is 1.28 bits per heavy atom. The van der Waals surface area contributed by atoms with Crippen LogP contribution in [0.15, 0.2) is 176 Å². The zero-order valence-electron chi connectivity index (χ0n) is 60.6. The molecule has 0 atom stereocenters. The fourth-order valence-electron chi connectivity index (χ4n) is 10.6. The van der Waals surface area contributed by atoms with E-state index in [1.54, 1.807) is 24.9 Å². The van der Waals surface area contributed by atoms with Crippen molar-refractivity contribution in [3.8, 4) is 56.0 Å². The number of hydrogen-bond acceptors (Lipinski definition) is 5. The molecule has 8 aromatic carbocycles. The van der Waals surface area contributed by atoms with Crippen LogP contribution in [0.5, 0.6) is 11.5 Å². The first-order valence-corrected chi connectivity index (χ1v) is 26.1. The molecular weight excluding hydrogens is 1130 g/mol. The Morgan fingerprint density at radius 1 is 0.628 bits per heavy atom. The van der Waals surface area contributed by atoms with Crippen LogP contribution < -0.4 is 19.9 Å². The van der Waals surface area contributed by atoms with Gasteiger partial charge in [0, 0.05) is 86.4 Å². The van der Waals surface area contributed by atoms with Gasteiger partial charge in [-0.2, -0.15) is 18.2 Å². The Morgan fingerprint density at radius 3 is 1.97 bits per heavy atom. The van der Waals surface area contributed by atoms with Crippen LogP contribution in [0.1, 0.15) is 136 Å². The minimum absolute atomic E-state index is 0. The predicted molar refractivity (Wildman–Crippen MR) is 324 cm³/mol. The summed E-state index contributed by atoms with van der Waals surface area (Å²) in [5.74, 6) is -0.0991. The molecule has 78 heavy (non-hydrogen) atoms. The molecule has 2 heterocycles. The molecule has 1 aliphatic heterocycles. The van der Waals surface area contributed by atoms with Crippen molar-refractivity contribution in [2.45, 2.75) is 117 Å². The molecule has 0 spiro atoms. The van der Waals surface area contributed by atoms with Gasteiger partial charge in [0.25, 0.3) is 0 Å². The van der Waals surface area contributed by atoms with Crippen LogP contribution in [0.4, 0.5) is 34.3 Å². The van der Waals surface area contributed by atoms with Crippen molar-refractivity contribution in [1.29, 1.82) is 0 Å². The van der Waals surface area contributed by atoms with Crippen LogP contribution in [0.3, 0.4) is 0 Å². The number of para-hydroxylation sites is 4. The SMILES string of the molecule is [2H]c1c([2H])c([2H])c(-c2cccc(-c3cc(C(C)(C)C)cc(C(C)(C)C)c3)c2N2[CH-]N(c3[c-]c(Oc4[c-]cc(-c5c([2H])c([2H])c([2H])c([2H])c5Nc5cc(C([2H])([2H])[2H])c(-c6cccc7c6C(C)(C)CCC7(C)C)cn5)cc4)c(C([2H])([2H])[2H])cc3)c3ccccc32)c([2H])c1[2H].[Pt]. The predicted octanol–water partition coefficient (Wildman–Crippen LogP) is 19.9. The molecule has 1 N–H and O–H groups in total. The Hall–Kier alpha value is -7.20. The number of nitrogens with zero attached hydrogens (tertiary/aromatic N) is 3. The number of anilines is 6. The number of ether oxygens (including phenoxy) is 1. The smallest absolute Gasteiger partial charge is 0.130 e. The first kappa shape index (κ1) is 38.4. The fraction of sp³-hybridized carbons (Fsp3) is 0.250. The summed E-state index contributed by atoms with van der Waals surface area (Å²) in [5.41, 5.74) is 8.71. The average molecular weight is 1220 g/mol. The van der Waals surface area contributed by atoms with E-state index < -0.39 is 56.0 Å². The monoisotopic (exact) mass is 1220 g/mol. The molecule has 0 unspecified atom stereocenters. The summed E-state index contributed by atoms with van der Waals surface area (Å²) in [6.07, 6.45) is 3.37. The molecule has 6 heteroatoms. The third-order valence-corrected chi connectivity index (χ3v) is 15.1. The van der Waals surface area contributed by atoms with Gasteiger partial charge in [0.15, 0.2) is 0 Å². The van der Waals surface area contributed by atoms with Crippen LogP contribution in [0.25, 0.3) is 44.5 Å². The molecule has 0 bridgehead atoms. The van der Waals surface area contributed by atoms with Gasteiger partial charge in [0.2, 0.25) is 0 Å². The van der Waals surface area contributed by atoms with E-state index in [-0.39, 0.29) is 106 Å². The zero-order chi connectivity index (χ0) is 66.9. The van der Waals surface area contributed by atoms with Gasteiger partial charge in [0.1, 0.15) is 5.82 Å². The van der Waals surface area contributed by atoms with Crippen molar-refractivity contribution >= 4 is 34.3 Å². The van der Waals surface area contributed by atoms with E-state index in [1.807, 2.05) is 58.3 Å². The third kappa shape index (κ3) is 10.5. The number of rotatable bonds is 10. The van der Waals surface area contributed by atoms with E-state index >= 15 is 0 Å². The van der Waals surface area contributed by atoms with Gasteiger partial charge in [-0.1, -0.05) is 197 Å². The maximum absolute atomic E-state index is 9.25. The fourth-order valence-corrected chi connectivity index (χ4v) is 10.6. The summed E-state index contributed by atoms with van der Waals surface area (Å²) < 4.78 is 139. The second kappa shape index (κ2) is 20.9. The van der Waals surface area contributed by atoms with Gasteiger partial charge in [-0.25, -0.2) is 4.98 Å². The molecular formula is C72H71N4OPt-3. The van der Waals surface area contributed by atoms with Crippen LogP contribution in [0, 0.1) is 32.5 Å². The maximum Gasteiger partial charge on any atom is 0.130 e. The summed E-state index contributed by atoms with van der Waals surface area (Å²) in [7, 11) is 0. The molecule has 0 saturated carbocycles. The second-order valence-electron chi connectivity index (χ2n) is 23.5. The van der Waals surface area contributed by atoms with E-state index in [0.717, 1.165) is 46.2 Å². The Kier molecular flexibility index (Phi) is 10.3. The van der Waals surface area contributed by atoms with E-state index in [2.05, 4.69) is 111 Å². The van der Waals surface area contributed by atoms with E-state index in [9.17, 15) is 4.11 Å². The van der Waals surface area contributed by atoms with Gasteiger partial charge in [-0.15, -0.1) is 47.7 Å². The minimum Gasteiger partial charge on any atom is -0.509 e. The standard InChI is InChI=1S/C72H71N4O.Pt/c1-47-32-35-54(75-46-76(64-31-19-18-30-63(64)75)68-57(49-22-14-13-15-23-49)25-20-26-58(68)51-41-52(69(3,4)5)43-53(42-51)70(6,7)8)44-65(47)77-55-36-33-50(34-37-55)56-24-16-17-29-62(56)74-66-40-48(2)60(45-73-66)59-27-21-28-61-67(59)72(11,12)39-38-71(61,9)10;/h13-36,40-43,45-46H,38-39H2,1-12H3,(H,73,74);/q-3;/i1D3,2D3,13D,14D,15D,16D,17D,22D,23D,24D,29D;. The summed E-state index contributed by atoms with van der Waals surface area (Å²) in [5, 5.41) is 3.08. The molecule has 1 aliphatic carbocycles. The number of aromatic nitrogens is 1. The van der Waals surface area contributed by atoms with Gasteiger partial charge < -0.3 is 19.9 Å². The normalized spacial score (nSPS) is 17.6. The third-order valence-electron chi connectivity index (χ3n) is 15.1. The largest absolute Gasteiger partial charge is 0.509 e. The van der Waals surface area contributed by atoms with Gasteiger partial charge >= 0.3 is 0 Å². The molecule has 0 radical (unpaired) electrons. The van der Waals surface area contributed by atoms with Crippen molar-refractivity contribution in [3.63, 3.8) is 0 Å². The first-order valence-electron chi connectivity index (χ1n) is 33.6. The molecule has 1 aromatic heterocycles. The van der Waals surface area contributed by atoms with Crippen molar-refractivity contribution in [2.24, 2.45) is 0 Å². The average Bonchev–Trinajstić information content (AvgIpc) is 1.69. The van der Waals surface area contributed by atoms with Crippen LogP contribution >= 0.6 is 0 Å². The number of aryl methyl sites for hydroxylation is 2. The minimum atomic E-state index is -2.71. The summed E-state index contributed by atoms with van der Waals surface area (Å²) in [6, 6.07) is 36.6. The molecule has 0 fully saturated rings. The summed E-state index contributed by atoms with van der Waals surface area (Å²) >= 11 is 0. The zero-order valence-corrected chi connectivity index (χ0v) is 47.9. The quantitative estimate of drug-likeness (QED) is 0.138. The Balaban J connectivity index is 0.00000946. The first-order chi connectivity index (χ1) is 42.9. The van der Waals surface area contributed by atoms with Crippen LogP contribution in [-0.4, -0.2) is 4.98 Å². The van der Waals surface area contributed by atoms with Crippen molar-refractivity contribution in [3.05, 3.63) is 228 Å². The van der Waals surface area contributed by atoms with Gasteiger partial charge in [0.05, 0.1) is 12.3 Å². The number of hydrogen-bond donors (Lipinski definition) is 1. The van der Waals surface area contributed by atoms with Crippen LogP contribution in [-0.2, 0) is 42.7 Å². The molecule has 0 saturated heterocycles. The second-order valence-corrected chi connectivity index (χ2v) is 23.5. The molecule has 2 aliphatic rings. The topological polar surface area (TPSA) is 40.6 Å². The van der Waals surface area contributed by atoms with Crippen molar-refractivity contribution in [2.75, 3.05) is 15.1 Å². The molecule has 5 nitrogen and oxygen atoms in total. The van der Waals surface area contributed by atoms with Gasteiger partial charge in [-0.3, -0.25) is 0 Å². The van der Waals surface area contributed by atoms with E-state index in [1.165, 1.54) is 30.5 Å². The van der Waals surface area contributed by atoms with Crippen LogP contribution in [0.2, 0.25) is 0 Å².